The maximum atomic E-state index is 13.4. The highest BCUT2D eigenvalue weighted by molar-refractivity contribution is 7.92. The zero-order chi connectivity index (χ0) is 22.1. The molecule has 1 atom stereocenters. The number of nitrogens with zero attached hydrogens (tertiary/aromatic N) is 1. The highest BCUT2D eigenvalue weighted by Crippen LogP contribution is 2.40. The number of hydrogen-bond donors (Lipinski definition) is 2. The van der Waals surface area contributed by atoms with Crippen LogP contribution in [-0.4, -0.2) is 38.6 Å². The molecule has 2 aromatic rings. The molecular formula is C21H24N2O6S. The number of carboxylic acid groups (broad SMARTS) is 1. The van der Waals surface area contributed by atoms with Gasteiger partial charge in [-0.05, 0) is 43.7 Å². The summed E-state index contributed by atoms with van der Waals surface area (Å²) in [6, 6.07) is 10.9. The van der Waals surface area contributed by atoms with E-state index in [9.17, 15) is 18.0 Å². The fourth-order valence-electron chi connectivity index (χ4n) is 3.32. The van der Waals surface area contributed by atoms with Gasteiger partial charge in [-0.15, -0.1) is 0 Å². The Kier molecular flexibility index (Phi) is 5.76. The first-order valence-electron chi connectivity index (χ1n) is 9.38. The number of aryl methyl sites for hydroxylation is 1. The third-order valence-corrected chi connectivity index (χ3v) is 6.62. The van der Waals surface area contributed by atoms with Crippen molar-refractivity contribution in [3.8, 4) is 5.75 Å². The van der Waals surface area contributed by atoms with Gasteiger partial charge in [-0.2, -0.15) is 0 Å². The van der Waals surface area contributed by atoms with Crippen molar-refractivity contribution >= 4 is 33.8 Å². The van der Waals surface area contributed by atoms with Crippen LogP contribution < -0.4 is 14.4 Å². The van der Waals surface area contributed by atoms with Crippen molar-refractivity contribution in [1.29, 1.82) is 0 Å². The topological polar surface area (TPSA) is 113 Å². The van der Waals surface area contributed by atoms with E-state index in [0.717, 1.165) is 11.8 Å². The lowest BCUT2D eigenvalue weighted by atomic mass is 9.88. The minimum Gasteiger partial charge on any atom is -0.486 e. The maximum Gasteiger partial charge on any atom is 0.409 e. The van der Waals surface area contributed by atoms with E-state index in [0.29, 0.717) is 12.2 Å². The largest absolute Gasteiger partial charge is 0.486 e. The molecule has 1 aliphatic rings. The molecule has 2 N–H and O–H groups in total. The lowest BCUT2D eigenvalue weighted by Gasteiger charge is -2.37. The van der Waals surface area contributed by atoms with Crippen molar-refractivity contribution in [2.24, 2.45) is 5.41 Å². The second-order valence-corrected chi connectivity index (χ2v) is 9.87. The number of carbonyl (C=O) groups excluding carboxylic acids is 1. The quantitative estimate of drug-likeness (QED) is 0.674. The van der Waals surface area contributed by atoms with Crippen molar-refractivity contribution in [1.82, 2.24) is 0 Å². The minimum absolute atomic E-state index is 0.00297. The predicted octanol–water partition coefficient (Wildman–Crippen LogP) is 3.66. The number of nitrogens with one attached hydrogen (secondary N) is 1. The van der Waals surface area contributed by atoms with Crippen LogP contribution in [-0.2, 0) is 14.8 Å². The molecule has 0 bridgehead atoms. The van der Waals surface area contributed by atoms with E-state index in [1.165, 1.54) is 34.6 Å². The van der Waals surface area contributed by atoms with Gasteiger partial charge in [0.25, 0.3) is 10.0 Å². The number of fused-ring (bicyclic) bond motifs is 1. The summed E-state index contributed by atoms with van der Waals surface area (Å²) in [6.45, 7) is 5.38. The molecule has 2 aromatic carbocycles. The molecule has 0 saturated heterocycles. The molecule has 0 saturated carbocycles. The molecule has 0 spiro atoms. The van der Waals surface area contributed by atoms with Gasteiger partial charge in [0.1, 0.15) is 18.1 Å². The van der Waals surface area contributed by atoms with Gasteiger partial charge in [0.05, 0.1) is 17.1 Å². The van der Waals surface area contributed by atoms with Crippen molar-refractivity contribution < 1.29 is 27.9 Å². The van der Waals surface area contributed by atoms with Crippen LogP contribution >= 0.6 is 0 Å². The smallest absolute Gasteiger partial charge is 0.409 e. The number of benzene rings is 2. The Morgan fingerprint density at radius 3 is 2.53 bits per heavy atom. The number of ether oxygens (including phenoxy) is 1. The average molecular weight is 432 g/mol. The Morgan fingerprint density at radius 1 is 1.27 bits per heavy atom. The molecule has 0 aromatic heterocycles. The highest BCUT2D eigenvalue weighted by Gasteiger charge is 2.37. The van der Waals surface area contributed by atoms with Crippen LogP contribution in [0.15, 0.2) is 47.4 Å². The number of amides is 1. The van der Waals surface area contributed by atoms with Crippen molar-refractivity contribution in [3.05, 3.63) is 48.0 Å². The summed E-state index contributed by atoms with van der Waals surface area (Å²) in [5.74, 6) is 0.305. The van der Waals surface area contributed by atoms with Gasteiger partial charge in [0.15, 0.2) is 0 Å². The first-order chi connectivity index (χ1) is 14.0. The predicted molar refractivity (Wildman–Crippen MR) is 113 cm³/mol. The molecule has 0 radical (unpaired) electrons. The van der Waals surface area contributed by atoms with Crippen LogP contribution in [0, 0.1) is 12.3 Å². The number of hydrogen-bond acceptors (Lipinski definition) is 5. The summed E-state index contributed by atoms with van der Waals surface area (Å²) in [6.07, 6.45) is -0.656. The summed E-state index contributed by atoms with van der Waals surface area (Å²) < 4.78 is 34.1. The summed E-state index contributed by atoms with van der Waals surface area (Å²) >= 11 is 0. The summed E-state index contributed by atoms with van der Waals surface area (Å²) in [5, 5.41) is 11.2. The summed E-state index contributed by atoms with van der Waals surface area (Å²) in [7, 11) is -3.94. The van der Waals surface area contributed by atoms with E-state index < -0.39 is 27.6 Å². The molecule has 3 rings (SSSR count). The molecule has 0 aliphatic carbocycles. The molecule has 8 nitrogen and oxygen atoms in total. The average Bonchev–Trinajstić information content (AvgIpc) is 2.67. The first kappa shape index (κ1) is 21.6. The van der Waals surface area contributed by atoms with Gasteiger partial charge < -0.3 is 14.6 Å². The highest BCUT2D eigenvalue weighted by atomic mass is 32.2. The zero-order valence-corrected chi connectivity index (χ0v) is 17.8. The van der Waals surface area contributed by atoms with Crippen LogP contribution in [0.5, 0.6) is 5.75 Å². The molecule has 1 heterocycles. The lowest BCUT2D eigenvalue weighted by molar-refractivity contribution is -0.115. The van der Waals surface area contributed by atoms with Crippen LogP contribution in [0.2, 0.25) is 0 Å². The second-order valence-electron chi connectivity index (χ2n) is 8.01. The van der Waals surface area contributed by atoms with Crippen LogP contribution in [0.25, 0.3) is 0 Å². The normalized spacial score (nSPS) is 16.4. The van der Waals surface area contributed by atoms with Crippen molar-refractivity contribution in [3.63, 3.8) is 0 Å². The fourth-order valence-corrected chi connectivity index (χ4v) is 4.82. The number of anilines is 2. The first-order valence-corrected chi connectivity index (χ1v) is 10.8. The van der Waals surface area contributed by atoms with Gasteiger partial charge >= 0.3 is 6.09 Å². The molecule has 30 heavy (non-hydrogen) atoms. The Balaban J connectivity index is 2.07. The third-order valence-electron chi connectivity index (χ3n) is 4.82. The van der Waals surface area contributed by atoms with Crippen LogP contribution in [0.4, 0.5) is 16.2 Å². The number of sulfonamides is 1. The van der Waals surface area contributed by atoms with E-state index in [4.69, 9.17) is 9.84 Å². The monoisotopic (exact) mass is 432 g/mol. The Hall–Kier alpha value is -3.07. The van der Waals surface area contributed by atoms with Gasteiger partial charge in [-0.1, -0.05) is 31.5 Å². The molecular weight excluding hydrogens is 408 g/mol. The Labute approximate surface area is 175 Å². The number of carbonyl (C=O) groups is 2. The fraction of sp³-hybridized carbons (Fsp3) is 0.333. The molecule has 9 heteroatoms. The molecule has 160 valence electrons. The van der Waals surface area contributed by atoms with Gasteiger partial charge in [0, 0.05) is 11.1 Å². The Bertz CT molecular complexity index is 1060. The standard InChI is InChI=1S/C21H24N2O6S/c1-14-4-7-17(8-5-14)30(27,28)23-12-16(11-21(2,3)13-24)29-19-9-6-15(10-18(19)23)22-20(25)26/h4-10,13,16,22H,11-12H2,1-3H3,(H,25,26). The van der Waals surface area contributed by atoms with E-state index >= 15 is 0 Å². The number of aldehydes is 1. The van der Waals surface area contributed by atoms with E-state index in [2.05, 4.69) is 5.32 Å². The summed E-state index contributed by atoms with van der Waals surface area (Å²) in [4.78, 5) is 22.5. The Morgan fingerprint density at radius 2 is 1.93 bits per heavy atom. The van der Waals surface area contributed by atoms with Gasteiger partial charge in [-0.25, -0.2) is 13.2 Å². The molecule has 1 aliphatic heterocycles. The second kappa shape index (κ2) is 7.98. The van der Waals surface area contributed by atoms with Crippen LogP contribution in [0.1, 0.15) is 25.8 Å². The van der Waals surface area contributed by atoms with Gasteiger partial charge in [-0.3, -0.25) is 9.62 Å². The van der Waals surface area contributed by atoms with Crippen molar-refractivity contribution in [2.75, 3.05) is 16.2 Å². The molecule has 1 amide bonds. The molecule has 0 fully saturated rings. The molecule has 1 unspecified atom stereocenters. The third kappa shape index (κ3) is 4.56. The lowest BCUT2D eigenvalue weighted by Crippen LogP contribution is -2.45. The van der Waals surface area contributed by atoms with E-state index in [1.54, 1.807) is 26.0 Å². The maximum absolute atomic E-state index is 13.4. The van der Waals surface area contributed by atoms with E-state index in [-0.39, 0.29) is 22.8 Å². The summed E-state index contributed by atoms with van der Waals surface area (Å²) in [5.41, 5.74) is 0.698. The van der Waals surface area contributed by atoms with Crippen molar-refractivity contribution in [2.45, 2.75) is 38.2 Å². The van der Waals surface area contributed by atoms with Crippen LogP contribution in [0.3, 0.4) is 0 Å². The van der Waals surface area contributed by atoms with E-state index in [1.807, 2.05) is 6.92 Å². The minimum atomic E-state index is -3.94. The zero-order valence-electron chi connectivity index (χ0n) is 17.0. The number of rotatable bonds is 6. The van der Waals surface area contributed by atoms with Gasteiger partial charge in [0.2, 0.25) is 0 Å². The SMILES string of the molecule is Cc1ccc(S(=O)(=O)N2CC(CC(C)(C)C=O)Oc3ccc(NC(=O)O)cc32)cc1.